The molecule has 1 aliphatic rings. The van der Waals surface area contributed by atoms with Crippen LogP contribution in [-0.2, 0) is 0 Å². The van der Waals surface area contributed by atoms with Crippen molar-refractivity contribution in [2.24, 2.45) is 0 Å². The molecule has 16 heavy (non-hydrogen) atoms. The van der Waals surface area contributed by atoms with E-state index in [2.05, 4.69) is 47.8 Å². The highest BCUT2D eigenvalue weighted by Gasteiger charge is 2.14. The molecule has 1 nitrogen and oxygen atoms in total. The molecule has 1 N–H and O–H groups in total. The largest absolute Gasteiger partial charge is 0.382 e. The minimum Gasteiger partial charge on any atom is -0.382 e. The lowest BCUT2D eigenvalue weighted by atomic mass is 10.1. The number of anilines is 1. The van der Waals surface area contributed by atoms with Crippen molar-refractivity contribution >= 4 is 16.5 Å². The number of hydrogen-bond donors (Lipinski definition) is 1. The lowest BCUT2D eigenvalue weighted by molar-refractivity contribution is 0.757. The lowest BCUT2D eigenvalue weighted by Gasteiger charge is -2.15. The maximum atomic E-state index is 3.68. The number of nitrogens with one attached hydrogen (secondary N) is 1. The highest BCUT2D eigenvalue weighted by molar-refractivity contribution is 5.93. The summed E-state index contributed by atoms with van der Waals surface area (Å²) < 4.78 is 0. The Morgan fingerprint density at radius 1 is 0.875 bits per heavy atom. The van der Waals surface area contributed by atoms with Crippen molar-refractivity contribution in [3.63, 3.8) is 0 Å². The Morgan fingerprint density at radius 2 is 1.62 bits per heavy atom. The van der Waals surface area contributed by atoms with E-state index in [0.29, 0.717) is 6.04 Å². The summed E-state index contributed by atoms with van der Waals surface area (Å²) in [5.41, 5.74) is 1.30. The maximum absolute atomic E-state index is 3.68. The van der Waals surface area contributed by atoms with Crippen LogP contribution in [0.3, 0.4) is 0 Å². The normalized spacial score (nSPS) is 16.8. The lowest BCUT2D eigenvalue weighted by Crippen LogP contribution is -2.14. The van der Waals surface area contributed by atoms with Crippen molar-refractivity contribution < 1.29 is 0 Å². The number of hydrogen-bond acceptors (Lipinski definition) is 1. The van der Waals surface area contributed by atoms with Gasteiger partial charge in [-0.1, -0.05) is 49.2 Å². The zero-order valence-corrected chi connectivity index (χ0v) is 9.45. The Hall–Kier alpha value is -1.50. The standard InChI is InChI=1S/C15H17N/c1-4-10-14-12(6-1)7-5-11-15(14)16-13-8-2-3-9-13/h1,4-7,10-11,13,16H,2-3,8-9H2. The molecule has 82 valence electrons. The zero-order chi connectivity index (χ0) is 10.8. The van der Waals surface area contributed by atoms with Crippen LogP contribution in [0.5, 0.6) is 0 Å². The molecule has 0 spiro atoms. The minimum absolute atomic E-state index is 0.686. The van der Waals surface area contributed by atoms with Gasteiger partial charge in [-0.15, -0.1) is 0 Å². The van der Waals surface area contributed by atoms with E-state index in [9.17, 15) is 0 Å². The van der Waals surface area contributed by atoms with Crippen LogP contribution in [0.2, 0.25) is 0 Å². The van der Waals surface area contributed by atoms with Crippen LogP contribution in [0.15, 0.2) is 42.5 Å². The molecule has 2 aromatic rings. The average Bonchev–Trinajstić information content (AvgIpc) is 2.82. The van der Waals surface area contributed by atoms with Gasteiger partial charge in [-0.25, -0.2) is 0 Å². The predicted molar refractivity (Wildman–Crippen MR) is 69.8 cm³/mol. The van der Waals surface area contributed by atoms with Crippen LogP contribution in [0.1, 0.15) is 25.7 Å². The summed E-state index contributed by atoms with van der Waals surface area (Å²) in [5, 5.41) is 6.35. The molecule has 0 atom stereocenters. The van der Waals surface area contributed by atoms with Gasteiger partial charge in [-0.05, 0) is 24.3 Å². The van der Waals surface area contributed by atoms with Gasteiger partial charge in [0.2, 0.25) is 0 Å². The van der Waals surface area contributed by atoms with Gasteiger partial charge in [-0.2, -0.15) is 0 Å². The summed E-state index contributed by atoms with van der Waals surface area (Å²) in [4.78, 5) is 0. The summed E-state index contributed by atoms with van der Waals surface area (Å²) in [7, 11) is 0. The van der Waals surface area contributed by atoms with Crippen molar-refractivity contribution in [2.45, 2.75) is 31.7 Å². The number of rotatable bonds is 2. The Kier molecular flexibility index (Phi) is 2.53. The van der Waals surface area contributed by atoms with E-state index in [0.717, 1.165) is 0 Å². The van der Waals surface area contributed by atoms with E-state index in [1.807, 2.05) is 0 Å². The molecule has 0 amide bonds. The Bertz CT molecular complexity index is 478. The summed E-state index contributed by atoms with van der Waals surface area (Å²) in [6.07, 6.45) is 5.40. The van der Waals surface area contributed by atoms with E-state index in [1.54, 1.807) is 0 Å². The van der Waals surface area contributed by atoms with E-state index >= 15 is 0 Å². The summed E-state index contributed by atoms with van der Waals surface area (Å²) in [6, 6.07) is 15.8. The maximum Gasteiger partial charge on any atom is 0.0422 e. The molecule has 0 saturated heterocycles. The Balaban J connectivity index is 1.96. The van der Waals surface area contributed by atoms with Crippen LogP contribution in [0, 0.1) is 0 Å². The van der Waals surface area contributed by atoms with Gasteiger partial charge in [0.05, 0.1) is 0 Å². The van der Waals surface area contributed by atoms with Crippen LogP contribution >= 0.6 is 0 Å². The van der Waals surface area contributed by atoms with E-state index < -0.39 is 0 Å². The van der Waals surface area contributed by atoms with Gasteiger partial charge in [0.25, 0.3) is 0 Å². The first-order chi connectivity index (χ1) is 7.93. The van der Waals surface area contributed by atoms with Crippen molar-refractivity contribution in [1.82, 2.24) is 0 Å². The first-order valence-corrected chi connectivity index (χ1v) is 6.18. The predicted octanol–water partition coefficient (Wildman–Crippen LogP) is 4.19. The van der Waals surface area contributed by atoms with Gasteiger partial charge in [0.1, 0.15) is 0 Å². The molecule has 1 saturated carbocycles. The van der Waals surface area contributed by atoms with Crippen molar-refractivity contribution in [2.75, 3.05) is 5.32 Å². The van der Waals surface area contributed by atoms with Gasteiger partial charge in [-0.3, -0.25) is 0 Å². The van der Waals surface area contributed by atoms with Gasteiger partial charge in [0.15, 0.2) is 0 Å². The first-order valence-electron chi connectivity index (χ1n) is 6.18. The van der Waals surface area contributed by atoms with E-state index in [-0.39, 0.29) is 0 Å². The Morgan fingerprint density at radius 3 is 2.50 bits per heavy atom. The molecule has 0 heterocycles. The molecule has 0 radical (unpaired) electrons. The van der Waals surface area contributed by atoms with Crippen LogP contribution in [0.4, 0.5) is 5.69 Å². The molecule has 1 aliphatic carbocycles. The van der Waals surface area contributed by atoms with E-state index in [4.69, 9.17) is 0 Å². The topological polar surface area (TPSA) is 12.0 Å². The van der Waals surface area contributed by atoms with E-state index in [1.165, 1.54) is 42.1 Å². The van der Waals surface area contributed by atoms with Crippen LogP contribution in [-0.4, -0.2) is 6.04 Å². The monoisotopic (exact) mass is 211 g/mol. The highest BCUT2D eigenvalue weighted by atomic mass is 14.9. The third kappa shape index (κ3) is 1.78. The van der Waals surface area contributed by atoms with Crippen LogP contribution in [0.25, 0.3) is 10.8 Å². The fourth-order valence-electron chi connectivity index (χ4n) is 2.64. The molecule has 0 bridgehead atoms. The molecule has 0 aromatic heterocycles. The molecular weight excluding hydrogens is 194 g/mol. The highest BCUT2D eigenvalue weighted by Crippen LogP contribution is 2.27. The third-order valence-corrected chi connectivity index (χ3v) is 3.50. The molecule has 3 rings (SSSR count). The number of benzene rings is 2. The quantitative estimate of drug-likeness (QED) is 0.785. The van der Waals surface area contributed by atoms with Crippen molar-refractivity contribution in [3.8, 4) is 0 Å². The van der Waals surface area contributed by atoms with Gasteiger partial charge < -0.3 is 5.32 Å². The molecule has 1 fully saturated rings. The molecule has 0 unspecified atom stereocenters. The summed E-state index contributed by atoms with van der Waals surface area (Å²) in [6.45, 7) is 0. The molecule has 0 aliphatic heterocycles. The molecule has 2 aromatic carbocycles. The second-order valence-electron chi connectivity index (χ2n) is 4.65. The minimum atomic E-state index is 0.686. The van der Waals surface area contributed by atoms with Gasteiger partial charge >= 0.3 is 0 Å². The summed E-state index contributed by atoms with van der Waals surface area (Å²) in [5.74, 6) is 0. The zero-order valence-electron chi connectivity index (χ0n) is 9.45. The second kappa shape index (κ2) is 4.17. The van der Waals surface area contributed by atoms with Crippen molar-refractivity contribution in [1.29, 1.82) is 0 Å². The first kappa shape index (κ1) is 9.71. The van der Waals surface area contributed by atoms with Crippen LogP contribution < -0.4 is 5.32 Å². The molecular formula is C15H17N. The molecule has 1 heteroatoms. The Labute approximate surface area is 96.5 Å². The third-order valence-electron chi connectivity index (χ3n) is 3.50. The summed E-state index contributed by atoms with van der Waals surface area (Å²) >= 11 is 0. The smallest absolute Gasteiger partial charge is 0.0422 e. The average molecular weight is 211 g/mol. The van der Waals surface area contributed by atoms with Gasteiger partial charge in [0, 0.05) is 17.1 Å². The fraction of sp³-hybridized carbons (Fsp3) is 0.333. The fourth-order valence-corrected chi connectivity index (χ4v) is 2.64. The SMILES string of the molecule is c1ccc2c(NC3CCCC3)cccc2c1. The second-order valence-corrected chi connectivity index (χ2v) is 4.65. The number of fused-ring (bicyclic) bond motifs is 1. The van der Waals surface area contributed by atoms with Crippen molar-refractivity contribution in [3.05, 3.63) is 42.5 Å².